The van der Waals surface area contributed by atoms with E-state index in [2.05, 4.69) is 46.1 Å². The van der Waals surface area contributed by atoms with Crippen molar-refractivity contribution in [1.82, 2.24) is 29.0 Å². The van der Waals surface area contributed by atoms with Crippen molar-refractivity contribution in [2.24, 2.45) is 0 Å². The van der Waals surface area contributed by atoms with Crippen LogP contribution in [0.25, 0.3) is 11.3 Å². The van der Waals surface area contributed by atoms with Crippen molar-refractivity contribution < 1.29 is 0 Å². The number of nitrogens with zero attached hydrogens (tertiary/aromatic N) is 6. The third-order valence-corrected chi connectivity index (χ3v) is 4.67. The van der Waals surface area contributed by atoms with Gasteiger partial charge in [0.1, 0.15) is 0 Å². The highest BCUT2D eigenvalue weighted by Gasteiger charge is 2.08. The SMILES string of the molecule is Cc1cn2cc(CCCCc3cn4nc(C)cc(C)c4n3)nc(C)c2n1. The molecule has 0 saturated carbocycles. The molecule has 0 radical (unpaired) electrons. The van der Waals surface area contributed by atoms with Crippen molar-refractivity contribution in [1.29, 1.82) is 0 Å². The summed E-state index contributed by atoms with van der Waals surface area (Å²) in [5, 5.41) is 4.51. The number of aryl methyl sites for hydroxylation is 6. The summed E-state index contributed by atoms with van der Waals surface area (Å²) in [5.74, 6) is 0. The van der Waals surface area contributed by atoms with Gasteiger partial charge in [0.25, 0.3) is 0 Å². The van der Waals surface area contributed by atoms with E-state index in [-0.39, 0.29) is 0 Å². The Kier molecular flexibility index (Phi) is 4.18. The average Bonchev–Trinajstić information content (AvgIpc) is 3.14. The average molecular weight is 348 g/mol. The number of hydrogen-bond acceptors (Lipinski definition) is 4. The molecule has 0 N–H and O–H groups in total. The van der Waals surface area contributed by atoms with Crippen LogP contribution >= 0.6 is 0 Å². The molecule has 0 aliphatic carbocycles. The zero-order valence-electron chi connectivity index (χ0n) is 15.8. The molecule has 0 amide bonds. The molecular formula is C20H24N6. The van der Waals surface area contributed by atoms with Crippen LogP contribution in [0.1, 0.15) is 46.9 Å². The summed E-state index contributed by atoms with van der Waals surface area (Å²) in [7, 11) is 0. The van der Waals surface area contributed by atoms with Crippen LogP contribution in [0.2, 0.25) is 0 Å². The third-order valence-electron chi connectivity index (χ3n) is 4.67. The van der Waals surface area contributed by atoms with Crippen molar-refractivity contribution in [3.63, 3.8) is 0 Å². The van der Waals surface area contributed by atoms with Crippen molar-refractivity contribution >= 4 is 11.3 Å². The zero-order chi connectivity index (χ0) is 18.3. The quantitative estimate of drug-likeness (QED) is 0.517. The van der Waals surface area contributed by atoms with Gasteiger partial charge >= 0.3 is 0 Å². The molecule has 0 aliphatic rings. The first-order valence-electron chi connectivity index (χ1n) is 9.14. The summed E-state index contributed by atoms with van der Waals surface area (Å²) in [5.41, 5.74) is 8.35. The minimum atomic E-state index is 0.953. The number of unbranched alkanes of at least 4 members (excludes halogenated alkanes) is 1. The van der Waals surface area contributed by atoms with Gasteiger partial charge in [-0.25, -0.2) is 14.5 Å². The van der Waals surface area contributed by atoms with Gasteiger partial charge in [-0.15, -0.1) is 0 Å². The van der Waals surface area contributed by atoms with E-state index >= 15 is 0 Å². The van der Waals surface area contributed by atoms with Crippen LogP contribution in [0.3, 0.4) is 0 Å². The highest BCUT2D eigenvalue weighted by molar-refractivity contribution is 5.47. The Labute approximate surface area is 152 Å². The van der Waals surface area contributed by atoms with E-state index < -0.39 is 0 Å². The molecule has 26 heavy (non-hydrogen) atoms. The molecule has 6 heteroatoms. The van der Waals surface area contributed by atoms with Gasteiger partial charge in [0.05, 0.1) is 34.7 Å². The Bertz CT molecular complexity index is 1090. The normalized spacial score (nSPS) is 11.7. The van der Waals surface area contributed by atoms with Crippen LogP contribution in [0.5, 0.6) is 0 Å². The van der Waals surface area contributed by atoms with Crippen molar-refractivity contribution in [2.45, 2.75) is 53.4 Å². The number of imidazole rings is 2. The number of fused-ring (bicyclic) bond motifs is 2. The smallest absolute Gasteiger partial charge is 0.158 e. The molecule has 0 bridgehead atoms. The minimum Gasteiger partial charge on any atom is -0.303 e. The summed E-state index contributed by atoms with van der Waals surface area (Å²) >= 11 is 0. The fraction of sp³-hybridized carbons (Fsp3) is 0.400. The summed E-state index contributed by atoms with van der Waals surface area (Å²) < 4.78 is 3.99. The van der Waals surface area contributed by atoms with E-state index in [0.29, 0.717) is 0 Å². The van der Waals surface area contributed by atoms with Crippen LogP contribution in [0.4, 0.5) is 0 Å². The first-order valence-corrected chi connectivity index (χ1v) is 9.14. The van der Waals surface area contributed by atoms with Crippen LogP contribution < -0.4 is 0 Å². The Balaban J connectivity index is 1.40. The lowest BCUT2D eigenvalue weighted by Crippen LogP contribution is -1.99. The number of hydrogen-bond donors (Lipinski definition) is 0. The Morgan fingerprint density at radius 3 is 2.27 bits per heavy atom. The maximum atomic E-state index is 4.73. The molecule has 134 valence electrons. The highest BCUT2D eigenvalue weighted by atomic mass is 15.2. The number of rotatable bonds is 5. The lowest BCUT2D eigenvalue weighted by Gasteiger charge is -2.04. The van der Waals surface area contributed by atoms with Gasteiger partial charge in [-0.1, -0.05) is 0 Å². The molecule has 0 unspecified atom stereocenters. The predicted molar refractivity (Wildman–Crippen MR) is 102 cm³/mol. The van der Waals surface area contributed by atoms with E-state index in [1.54, 1.807) is 0 Å². The van der Waals surface area contributed by atoms with E-state index in [0.717, 1.165) is 65.4 Å². The van der Waals surface area contributed by atoms with Crippen molar-refractivity contribution in [2.75, 3.05) is 0 Å². The lowest BCUT2D eigenvalue weighted by atomic mass is 10.1. The van der Waals surface area contributed by atoms with Gasteiger partial charge in [0, 0.05) is 12.4 Å². The molecule has 4 heterocycles. The fourth-order valence-electron chi connectivity index (χ4n) is 3.53. The first-order chi connectivity index (χ1) is 12.5. The molecule has 0 spiro atoms. The van der Waals surface area contributed by atoms with Crippen LogP contribution in [0, 0.1) is 27.7 Å². The van der Waals surface area contributed by atoms with E-state index in [4.69, 9.17) is 9.97 Å². The Morgan fingerprint density at radius 2 is 1.50 bits per heavy atom. The van der Waals surface area contributed by atoms with Gasteiger partial charge in [-0.2, -0.15) is 5.10 Å². The monoisotopic (exact) mass is 348 g/mol. The summed E-state index contributed by atoms with van der Waals surface area (Å²) in [6.45, 7) is 8.14. The largest absolute Gasteiger partial charge is 0.303 e. The molecule has 4 rings (SSSR count). The van der Waals surface area contributed by atoms with Gasteiger partial charge < -0.3 is 4.40 Å². The molecule has 6 nitrogen and oxygen atoms in total. The van der Waals surface area contributed by atoms with E-state index in [1.807, 2.05) is 25.3 Å². The highest BCUT2D eigenvalue weighted by Crippen LogP contribution is 2.14. The van der Waals surface area contributed by atoms with E-state index in [9.17, 15) is 0 Å². The van der Waals surface area contributed by atoms with Crippen LogP contribution in [0.15, 0.2) is 24.7 Å². The first kappa shape index (κ1) is 16.7. The van der Waals surface area contributed by atoms with Crippen LogP contribution in [-0.4, -0.2) is 29.0 Å². The second-order valence-corrected chi connectivity index (χ2v) is 7.11. The molecule has 0 aromatic carbocycles. The standard InChI is InChI=1S/C20H24N6/c1-13-9-14(2)24-26-12-18(23-19(13)26)8-6-5-7-17-11-25-10-15(3)21-20(25)16(4)22-17/h9-12H,5-8H2,1-4H3. The molecule has 0 saturated heterocycles. The Morgan fingerprint density at radius 1 is 0.769 bits per heavy atom. The zero-order valence-corrected chi connectivity index (χ0v) is 15.8. The summed E-state index contributed by atoms with van der Waals surface area (Å²) in [6.07, 6.45) is 10.3. The lowest BCUT2D eigenvalue weighted by molar-refractivity contribution is 0.709. The molecule has 0 aliphatic heterocycles. The molecule has 0 atom stereocenters. The summed E-state index contributed by atoms with van der Waals surface area (Å²) in [4.78, 5) is 13.9. The number of aromatic nitrogens is 6. The Hall–Kier alpha value is -2.76. The summed E-state index contributed by atoms with van der Waals surface area (Å²) in [6, 6.07) is 2.08. The molecule has 4 aromatic heterocycles. The third kappa shape index (κ3) is 3.19. The van der Waals surface area contributed by atoms with Gasteiger partial charge in [0.15, 0.2) is 11.3 Å². The molecule has 0 fully saturated rings. The second kappa shape index (κ2) is 6.52. The van der Waals surface area contributed by atoms with Crippen molar-refractivity contribution in [3.05, 3.63) is 58.7 Å². The predicted octanol–water partition coefficient (Wildman–Crippen LogP) is 3.57. The van der Waals surface area contributed by atoms with Gasteiger partial charge in [0.2, 0.25) is 0 Å². The second-order valence-electron chi connectivity index (χ2n) is 7.11. The minimum absolute atomic E-state index is 0.953. The maximum absolute atomic E-state index is 4.73. The van der Waals surface area contributed by atoms with Crippen LogP contribution in [-0.2, 0) is 12.8 Å². The van der Waals surface area contributed by atoms with Crippen molar-refractivity contribution in [3.8, 4) is 0 Å². The maximum Gasteiger partial charge on any atom is 0.158 e. The fourth-order valence-corrected chi connectivity index (χ4v) is 3.53. The van der Waals surface area contributed by atoms with Gasteiger partial charge in [-0.3, -0.25) is 4.98 Å². The van der Waals surface area contributed by atoms with Gasteiger partial charge in [-0.05, 0) is 65.0 Å². The topological polar surface area (TPSA) is 60.4 Å². The molecule has 4 aromatic rings. The van der Waals surface area contributed by atoms with E-state index in [1.165, 1.54) is 5.56 Å². The molecular weight excluding hydrogens is 324 g/mol.